The molecular weight excluding hydrogens is 208 g/mol. The summed E-state index contributed by atoms with van der Waals surface area (Å²) in [7, 11) is 0. The Kier molecular flexibility index (Phi) is 7.93. The number of carboxylic acid groups (broad SMARTS) is 1. The summed E-state index contributed by atoms with van der Waals surface area (Å²) in [5.74, 6) is -1.02. The molecule has 0 aromatic heterocycles. The number of carbonyl (C=O) groups is 2. The molecule has 0 aromatic rings. The molecule has 2 amide bonds. The maximum absolute atomic E-state index is 11.5. The number of urea groups is 1. The molecule has 0 rings (SSSR count). The molecule has 5 heteroatoms. The van der Waals surface area contributed by atoms with E-state index in [0.29, 0.717) is 6.54 Å². The summed E-state index contributed by atoms with van der Waals surface area (Å²) in [6.45, 7) is 6.09. The average molecular weight is 228 g/mol. The van der Waals surface area contributed by atoms with Gasteiger partial charge in [0, 0.05) is 13.1 Å². The second-order valence-corrected chi connectivity index (χ2v) is 3.50. The normalized spacial score (nSPS) is 9.56. The SMILES string of the molecule is C=CCN(CC(=O)O)C(=O)NCCCCC. The van der Waals surface area contributed by atoms with Crippen LogP contribution in [0.15, 0.2) is 12.7 Å². The van der Waals surface area contributed by atoms with E-state index < -0.39 is 5.97 Å². The van der Waals surface area contributed by atoms with Crippen LogP contribution < -0.4 is 5.32 Å². The molecule has 0 aliphatic carbocycles. The number of rotatable bonds is 8. The van der Waals surface area contributed by atoms with Crippen molar-refractivity contribution < 1.29 is 14.7 Å². The Balaban J connectivity index is 3.96. The Morgan fingerprint density at radius 3 is 2.62 bits per heavy atom. The van der Waals surface area contributed by atoms with Gasteiger partial charge in [-0.1, -0.05) is 25.8 Å². The van der Waals surface area contributed by atoms with E-state index in [2.05, 4.69) is 18.8 Å². The van der Waals surface area contributed by atoms with Crippen molar-refractivity contribution in [1.29, 1.82) is 0 Å². The Hall–Kier alpha value is -1.52. The molecule has 0 fully saturated rings. The first kappa shape index (κ1) is 14.5. The van der Waals surface area contributed by atoms with Gasteiger partial charge >= 0.3 is 12.0 Å². The van der Waals surface area contributed by atoms with E-state index in [1.165, 1.54) is 11.0 Å². The molecule has 2 N–H and O–H groups in total. The molecule has 0 spiro atoms. The lowest BCUT2D eigenvalue weighted by Gasteiger charge is -2.19. The molecule has 16 heavy (non-hydrogen) atoms. The van der Waals surface area contributed by atoms with Gasteiger partial charge in [0.05, 0.1) is 0 Å². The van der Waals surface area contributed by atoms with E-state index in [-0.39, 0.29) is 19.1 Å². The summed E-state index contributed by atoms with van der Waals surface area (Å²) in [4.78, 5) is 23.3. The molecule has 0 atom stereocenters. The zero-order valence-corrected chi connectivity index (χ0v) is 9.74. The van der Waals surface area contributed by atoms with Crippen LogP contribution in [0.25, 0.3) is 0 Å². The summed E-state index contributed by atoms with van der Waals surface area (Å²) >= 11 is 0. The highest BCUT2D eigenvalue weighted by atomic mass is 16.4. The Morgan fingerprint density at radius 2 is 2.12 bits per heavy atom. The number of nitrogens with zero attached hydrogens (tertiary/aromatic N) is 1. The lowest BCUT2D eigenvalue weighted by Crippen LogP contribution is -2.43. The number of hydrogen-bond acceptors (Lipinski definition) is 2. The molecule has 0 aromatic carbocycles. The standard InChI is InChI=1S/C11H20N2O3/c1-3-5-6-7-12-11(16)13(8-4-2)9-10(14)15/h4H,2-3,5-9H2,1H3,(H,12,16)(H,14,15). The van der Waals surface area contributed by atoms with Crippen LogP contribution in [0.1, 0.15) is 26.2 Å². The van der Waals surface area contributed by atoms with Crippen LogP contribution in [-0.4, -0.2) is 41.6 Å². The van der Waals surface area contributed by atoms with Gasteiger partial charge in [-0.2, -0.15) is 0 Å². The minimum atomic E-state index is -1.02. The van der Waals surface area contributed by atoms with Crippen molar-refractivity contribution >= 4 is 12.0 Å². The van der Waals surface area contributed by atoms with Crippen molar-refractivity contribution in [2.24, 2.45) is 0 Å². The molecule has 0 heterocycles. The van der Waals surface area contributed by atoms with E-state index in [9.17, 15) is 9.59 Å². The molecule has 0 aliphatic rings. The maximum Gasteiger partial charge on any atom is 0.323 e. The number of amides is 2. The smallest absolute Gasteiger partial charge is 0.323 e. The van der Waals surface area contributed by atoms with E-state index in [4.69, 9.17) is 5.11 Å². The minimum absolute atomic E-state index is 0.242. The number of hydrogen-bond donors (Lipinski definition) is 2. The summed E-state index contributed by atoms with van der Waals surface area (Å²) in [5, 5.41) is 11.3. The number of nitrogens with one attached hydrogen (secondary N) is 1. The molecule has 0 bridgehead atoms. The quantitative estimate of drug-likeness (QED) is 0.488. The number of aliphatic carboxylic acids is 1. The van der Waals surface area contributed by atoms with E-state index in [1.807, 2.05) is 0 Å². The molecule has 0 aliphatic heterocycles. The second kappa shape index (κ2) is 8.76. The Labute approximate surface area is 96.1 Å². The topological polar surface area (TPSA) is 69.6 Å². The van der Waals surface area contributed by atoms with Gasteiger partial charge in [0.2, 0.25) is 0 Å². The first-order chi connectivity index (χ1) is 7.61. The van der Waals surface area contributed by atoms with E-state index >= 15 is 0 Å². The third-order valence-electron chi connectivity index (χ3n) is 2.02. The van der Waals surface area contributed by atoms with Gasteiger partial charge < -0.3 is 15.3 Å². The van der Waals surface area contributed by atoms with Crippen molar-refractivity contribution in [3.05, 3.63) is 12.7 Å². The van der Waals surface area contributed by atoms with Gasteiger partial charge in [-0.15, -0.1) is 6.58 Å². The number of unbranched alkanes of at least 4 members (excludes halogenated alkanes) is 2. The first-order valence-corrected chi connectivity index (χ1v) is 5.47. The van der Waals surface area contributed by atoms with Gasteiger partial charge in [-0.3, -0.25) is 4.79 Å². The van der Waals surface area contributed by atoms with Crippen LogP contribution in [0.3, 0.4) is 0 Å². The molecule has 0 unspecified atom stereocenters. The Bertz CT molecular complexity index is 241. The van der Waals surface area contributed by atoms with E-state index in [0.717, 1.165) is 19.3 Å². The van der Waals surface area contributed by atoms with Gasteiger partial charge in [0.25, 0.3) is 0 Å². The molecule has 5 nitrogen and oxygen atoms in total. The van der Waals surface area contributed by atoms with Crippen LogP contribution in [0.2, 0.25) is 0 Å². The van der Waals surface area contributed by atoms with Gasteiger partial charge in [-0.25, -0.2) is 4.79 Å². The van der Waals surface area contributed by atoms with E-state index in [1.54, 1.807) is 0 Å². The summed E-state index contributed by atoms with van der Waals surface area (Å²) in [6.07, 6.45) is 4.56. The third kappa shape index (κ3) is 6.86. The van der Waals surface area contributed by atoms with Crippen molar-refractivity contribution in [3.63, 3.8) is 0 Å². The van der Waals surface area contributed by atoms with Crippen molar-refractivity contribution in [1.82, 2.24) is 10.2 Å². The minimum Gasteiger partial charge on any atom is -0.480 e. The fourth-order valence-corrected chi connectivity index (χ4v) is 1.22. The molecule has 0 saturated heterocycles. The largest absolute Gasteiger partial charge is 0.480 e. The molecule has 0 radical (unpaired) electrons. The molecule has 0 saturated carbocycles. The van der Waals surface area contributed by atoms with Crippen LogP contribution in [0, 0.1) is 0 Å². The summed E-state index contributed by atoms with van der Waals surface area (Å²) < 4.78 is 0. The zero-order valence-electron chi connectivity index (χ0n) is 9.74. The van der Waals surface area contributed by atoms with Gasteiger partial charge in [-0.05, 0) is 6.42 Å². The van der Waals surface area contributed by atoms with Crippen molar-refractivity contribution in [2.45, 2.75) is 26.2 Å². The van der Waals surface area contributed by atoms with Crippen LogP contribution >= 0.6 is 0 Å². The van der Waals surface area contributed by atoms with Crippen LogP contribution in [0.5, 0.6) is 0 Å². The zero-order chi connectivity index (χ0) is 12.4. The number of carboxylic acids is 1. The molecular formula is C11H20N2O3. The molecule has 92 valence electrons. The summed E-state index contributed by atoms with van der Waals surface area (Å²) in [5.41, 5.74) is 0. The lowest BCUT2D eigenvalue weighted by atomic mass is 10.2. The maximum atomic E-state index is 11.5. The average Bonchev–Trinajstić information content (AvgIpc) is 2.23. The van der Waals surface area contributed by atoms with Gasteiger partial charge in [0.15, 0.2) is 0 Å². The predicted octanol–water partition coefficient (Wildman–Crippen LogP) is 1.46. The highest BCUT2D eigenvalue weighted by Crippen LogP contribution is 1.94. The van der Waals surface area contributed by atoms with Crippen LogP contribution in [0.4, 0.5) is 4.79 Å². The monoisotopic (exact) mass is 228 g/mol. The van der Waals surface area contributed by atoms with Gasteiger partial charge in [0.1, 0.15) is 6.54 Å². The third-order valence-corrected chi connectivity index (χ3v) is 2.02. The lowest BCUT2D eigenvalue weighted by molar-refractivity contribution is -0.137. The summed E-state index contributed by atoms with van der Waals surface area (Å²) in [6, 6.07) is -0.349. The Morgan fingerprint density at radius 1 is 1.44 bits per heavy atom. The van der Waals surface area contributed by atoms with Crippen LogP contribution in [-0.2, 0) is 4.79 Å². The number of carbonyl (C=O) groups excluding carboxylic acids is 1. The fraction of sp³-hybridized carbons (Fsp3) is 0.636. The first-order valence-electron chi connectivity index (χ1n) is 5.47. The fourth-order valence-electron chi connectivity index (χ4n) is 1.22. The van der Waals surface area contributed by atoms with Crippen molar-refractivity contribution in [2.75, 3.05) is 19.6 Å². The highest BCUT2D eigenvalue weighted by Gasteiger charge is 2.14. The van der Waals surface area contributed by atoms with Crippen molar-refractivity contribution in [3.8, 4) is 0 Å². The second-order valence-electron chi connectivity index (χ2n) is 3.50. The highest BCUT2D eigenvalue weighted by molar-refractivity contribution is 5.80. The predicted molar refractivity (Wildman–Crippen MR) is 62.3 cm³/mol.